The lowest BCUT2D eigenvalue weighted by molar-refractivity contribution is -0.192. The van der Waals surface area contributed by atoms with Crippen LogP contribution in [-0.2, 0) is 22.5 Å². The maximum Gasteiger partial charge on any atom is 0.490 e. The van der Waals surface area contributed by atoms with Crippen molar-refractivity contribution in [1.29, 1.82) is 0 Å². The molecule has 7 nitrogen and oxygen atoms in total. The predicted octanol–water partition coefficient (Wildman–Crippen LogP) is 2.83. The van der Waals surface area contributed by atoms with E-state index in [9.17, 15) is 13.2 Å². The monoisotopic (exact) mass is 426 g/mol. The van der Waals surface area contributed by atoms with Crippen LogP contribution in [0.5, 0.6) is 0 Å². The number of halogens is 3. The number of aromatic amines is 1. The Morgan fingerprint density at radius 1 is 1.33 bits per heavy atom. The van der Waals surface area contributed by atoms with Crippen molar-refractivity contribution >= 4 is 5.97 Å². The average molecular weight is 426 g/mol. The number of rotatable bonds is 4. The minimum atomic E-state index is -5.08. The molecule has 3 atom stereocenters. The molecule has 0 unspecified atom stereocenters. The van der Waals surface area contributed by atoms with Gasteiger partial charge < -0.3 is 9.84 Å². The largest absolute Gasteiger partial charge is 0.490 e. The van der Waals surface area contributed by atoms with E-state index >= 15 is 0 Å². The van der Waals surface area contributed by atoms with E-state index in [2.05, 4.69) is 50.4 Å². The van der Waals surface area contributed by atoms with Gasteiger partial charge in [-0.2, -0.15) is 18.3 Å². The average Bonchev–Trinajstić information content (AvgIpc) is 3.28. The lowest BCUT2D eigenvalue weighted by Crippen LogP contribution is -2.41. The van der Waals surface area contributed by atoms with Gasteiger partial charge in [0.25, 0.3) is 0 Å². The van der Waals surface area contributed by atoms with Crippen LogP contribution >= 0.6 is 0 Å². The van der Waals surface area contributed by atoms with E-state index in [1.165, 1.54) is 12.0 Å². The van der Waals surface area contributed by atoms with Gasteiger partial charge in [0.15, 0.2) is 5.82 Å². The number of nitrogens with one attached hydrogen (secondary N) is 1. The normalized spacial score (nSPS) is 24.1. The second-order valence-electron chi connectivity index (χ2n) is 7.65. The second-order valence-corrected chi connectivity index (χ2v) is 7.65. The molecule has 4 rings (SSSR count). The Balaban J connectivity index is 0.000000318. The van der Waals surface area contributed by atoms with Crippen LogP contribution in [0.4, 0.5) is 13.2 Å². The highest BCUT2D eigenvalue weighted by Crippen LogP contribution is 2.36. The molecule has 3 heterocycles. The number of aryl methyl sites for hydroxylation is 1. The number of aromatic nitrogens is 3. The quantitative estimate of drug-likeness (QED) is 0.781. The van der Waals surface area contributed by atoms with Gasteiger partial charge in [-0.15, -0.1) is 0 Å². The van der Waals surface area contributed by atoms with Crippen molar-refractivity contribution in [2.45, 2.75) is 38.6 Å². The van der Waals surface area contributed by atoms with Crippen LogP contribution in [0, 0.1) is 18.8 Å². The van der Waals surface area contributed by atoms with E-state index in [0.717, 1.165) is 44.3 Å². The second kappa shape index (κ2) is 9.57. The summed E-state index contributed by atoms with van der Waals surface area (Å²) in [6.45, 7) is 6.17. The van der Waals surface area contributed by atoms with E-state index in [1.54, 1.807) is 0 Å². The number of alkyl halides is 3. The fraction of sp³-hybridized carbons (Fsp3) is 0.550. The summed E-state index contributed by atoms with van der Waals surface area (Å²) in [5, 5.41) is 14.3. The summed E-state index contributed by atoms with van der Waals surface area (Å²) >= 11 is 0. The molecule has 10 heteroatoms. The summed E-state index contributed by atoms with van der Waals surface area (Å²) in [4.78, 5) is 15.9. The van der Waals surface area contributed by atoms with Gasteiger partial charge in [-0.25, -0.2) is 9.78 Å². The molecular formula is C20H25F3N4O3. The van der Waals surface area contributed by atoms with Crippen molar-refractivity contribution in [2.75, 3.05) is 19.7 Å². The van der Waals surface area contributed by atoms with Crippen molar-refractivity contribution in [3.63, 3.8) is 0 Å². The maximum absolute atomic E-state index is 10.6. The number of hydrogen-bond acceptors (Lipinski definition) is 5. The zero-order chi connectivity index (χ0) is 21.7. The van der Waals surface area contributed by atoms with Crippen LogP contribution in [-0.4, -0.2) is 63.1 Å². The summed E-state index contributed by atoms with van der Waals surface area (Å²) in [6, 6.07) is 10.7. The highest BCUT2D eigenvalue weighted by atomic mass is 19.4. The number of fused-ring (bicyclic) bond motifs is 1. The Hall–Kier alpha value is -2.46. The van der Waals surface area contributed by atoms with Gasteiger partial charge in [0.2, 0.25) is 0 Å². The first kappa shape index (κ1) is 22.2. The molecule has 0 radical (unpaired) electrons. The van der Waals surface area contributed by atoms with Gasteiger partial charge in [0.1, 0.15) is 5.82 Å². The molecule has 2 aromatic rings. The Labute approximate surface area is 172 Å². The van der Waals surface area contributed by atoms with Crippen LogP contribution in [0.1, 0.15) is 23.6 Å². The molecular weight excluding hydrogens is 401 g/mol. The lowest BCUT2D eigenvalue weighted by Gasteiger charge is -2.35. The lowest BCUT2D eigenvalue weighted by atomic mass is 9.83. The maximum atomic E-state index is 10.6. The van der Waals surface area contributed by atoms with Crippen molar-refractivity contribution in [3.05, 3.63) is 47.5 Å². The summed E-state index contributed by atoms with van der Waals surface area (Å²) in [5.41, 5.74) is 1.40. The number of carboxylic acids is 1. The molecule has 0 bridgehead atoms. The third-order valence-electron chi connectivity index (χ3n) is 5.40. The number of H-pyrrole nitrogens is 1. The fourth-order valence-electron chi connectivity index (χ4n) is 4.02. The first-order chi connectivity index (χ1) is 14.2. The Morgan fingerprint density at radius 3 is 2.63 bits per heavy atom. The molecule has 0 spiro atoms. The minimum absolute atomic E-state index is 0.286. The van der Waals surface area contributed by atoms with Crippen LogP contribution in [0.25, 0.3) is 0 Å². The first-order valence-corrected chi connectivity index (χ1v) is 9.78. The third-order valence-corrected chi connectivity index (χ3v) is 5.40. The van der Waals surface area contributed by atoms with E-state index in [4.69, 9.17) is 14.6 Å². The zero-order valence-corrected chi connectivity index (χ0v) is 16.6. The molecule has 2 fully saturated rings. The van der Waals surface area contributed by atoms with Gasteiger partial charge >= 0.3 is 12.1 Å². The molecule has 2 aliphatic rings. The minimum Gasteiger partial charge on any atom is -0.475 e. The molecule has 1 aromatic heterocycles. The third kappa shape index (κ3) is 6.02. The van der Waals surface area contributed by atoms with Crippen molar-refractivity contribution in [1.82, 2.24) is 20.1 Å². The van der Waals surface area contributed by atoms with Crippen molar-refractivity contribution in [2.24, 2.45) is 11.8 Å². The van der Waals surface area contributed by atoms with Crippen LogP contribution in [0.3, 0.4) is 0 Å². The Kier molecular flexibility index (Phi) is 7.09. The highest BCUT2D eigenvalue weighted by Gasteiger charge is 2.41. The topological polar surface area (TPSA) is 91.3 Å². The SMILES string of the molecule is Cc1nc(C[C@@H]2OC[C@H]3CN(Cc4ccccc4)CC[C@H]32)n[nH]1.O=C(O)C(F)(F)F. The number of carboxylic acid groups (broad SMARTS) is 1. The number of hydrogen-bond donors (Lipinski definition) is 2. The zero-order valence-electron chi connectivity index (χ0n) is 16.6. The van der Waals surface area contributed by atoms with Crippen LogP contribution in [0.15, 0.2) is 30.3 Å². The van der Waals surface area contributed by atoms with E-state index in [1.807, 2.05) is 6.92 Å². The molecule has 0 saturated carbocycles. The van der Waals surface area contributed by atoms with E-state index in [0.29, 0.717) is 11.8 Å². The molecule has 30 heavy (non-hydrogen) atoms. The van der Waals surface area contributed by atoms with Crippen LogP contribution in [0.2, 0.25) is 0 Å². The molecule has 0 aliphatic carbocycles. The summed E-state index contributed by atoms with van der Waals surface area (Å²) < 4.78 is 37.8. The molecule has 164 valence electrons. The highest BCUT2D eigenvalue weighted by molar-refractivity contribution is 5.73. The summed E-state index contributed by atoms with van der Waals surface area (Å²) in [6.07, 6.45) is -2.75. The van der Waals surface area contributed by atoms with E-state index in [-0.39, 0.29) is 6.10 Å². The Morgan fingerprint density at radius 2 is 2.03 bits per heavy atom. The molecule has 2 aliphatic heterocycles. The number of carbonyl (C=O) groups is 1. The van der Waals surface area contributed by atoms with Crippen molar-refractivity contribution in [3.8, 4) is 0 Å². The van der Waals surface area contributed by atoms with Gasteiger partial charge in [0.05, 0.1) is 12.7 Å². The molecule has 1 aromatic carbocycles. The van der Waals surface area contributed by atoms with E-state index < -0.39 is 12.1 Å². The number of benzene rings is 1. The summed E-state index contributed by atoms with van der Waals surface area (Å²) in [7, 11) is 0. The number of piperidine rings is 1. The molecule has 2 N–H and O–H groups in total. The Bertz CT molecular complexity index is 828. The van der Waals surface area contributed by atoms with Crippen LogP contribution < -0.4 is 0 Å². The van der Waals surface area contributed by atoms with Gasteiger partial charge in [-0.05, 0) is 31.4 Å². The smallest absolute Gasteiger partial charge is 0.475 e. The number of likely N-dealkylation sites (tertiary alicyclic amines) is 1. The fourth-order valence-corrected chi connectivity index (χ4v) is 4.02. The standard InChI is InChI=1S/C18H24N4O.C2HF3O2/c1-13-19-18(21-20-13)9-17-16-7-8-22(11-15(16)12-23-17)10-14-5-3-2-4-6-14;3-2(4,5)1(6)7/h2-6,15-17H,7-12H2,1H3,(H,19,20,21);(H,6,7)/t15-,16-,17+;/m1./s1. The number of ether oxygens (including phenoxy) is 1. The summed E-state index contributed by atoms with van der Waals surface area (Å²) in [5.74, 6) is 0.318. The predicted molar refractivity (Wildman–Crippen MR) is 102 cm³/mol. The first-order valence-electron chi connectivity index (χ1n) is 9.78. The van der Waals surface area contributed by atoms with Gasteiger partial charge in [0, 0.05) is 25.4 Å². The number of aliphatic carboxylic acids is 1. The number of nitrogens with zero attached hydrogens (tertiary/aromatic N) is 3. The molecule has 2 saturated heterocycles. The van der Waals surface area contributed by atoms with Gasteiger partial charge in [-0.1, -0.05) is 30.3 Å². The van der Waals surface area contributed by atoms with Crippen molar-refractivity contribution < 1.29 is 27.8 Å². The van der Waals surface area contributed by atoms with Gasteiger partial charge in [-0.3, -0.25) is 10.00 Å². The molecule has 0 amide bonds.